The first kappa shape index (κ1) is 16.0. The molecule has 2 aromatic rings. The van der Waals surface area contributed by atoms with Gasteiger partial charge in [0, 0.05) is 17.3 Å². The van der Waals surface area contributed by atoms with Gasteiger partial charge in [0.25, 0.3) is 5.91 Å². The molecule has 4 rings (SSSR count). The third kappa shape index (κ3) is 2.93. The van der Waals surface area contributed by atoms with Gasteiger partial charge in [0.05, 0.1) is 10.6 Å². The number of carbonyl (C=O) groups is 1. The maximum atomic E-state index is 12.8. The Morgan fingerprint density at radius 3 is 2.54 bits per heavy atom. The van der Waals surface area contributed by atoms with Gasteiger partial charge in [0.1, 0.15) is 10.7 Å². The minimum Gasteiger partial charge on any atom is -0.349 e. The van der Waals surface area contributed by atoms with Gasteiger partial charge in [-0.05, 0) is 65.2 Å². The molecule has 1 amide bonds. The fourth-order valence-electron chi connectivity index (χ4n) is 3.50. The Bertz CT molecular complexity index is 788. The summed E-state index contributed by atoms with van der Waals surface area (Å²) < 4.78 is 0. The molecule has 3 heterocycles. The van der Waals surface area contributed by atoms with Crippen molar-refractivity contribution >= 4 is 27.5 Å². The summed E-state index contributed by atoms with van der Waals surface area (Å²) in [5.74, 6) is 1.55. The van der Waals surface area contributed by atoms with Crippen LogP contribution in [0.15, 0.2) is 0 Å². The lowest BCUT2D eigenvalue weighted by atomic mass is 10.1. The Morgan fingerprint density at radius 2 is 1.88 bits per heavy atom. The average Bonchev–Trinajstić information content (AvgIpc) is 3.34. The van der Waals surface area contributed by atoms with Crippen molar-refractivity contribution in [1.29, 1.82) is 0 Å². The van der Waals surface area contributed by atoms with Crippen LogP contribution in [-0.4, -0.2) is 47.0 Å². The minimum atomic E-state index is 0.0532. The summed E-state index contributed by atoms with van der Waals surface area (Å²) in [6.45, 7) is 6.15. The van der Waals surface area contributed by atoms with Gasteiger partial charge in [0.15, 0.2) is 0 Å². The summed E-state index contributed by atoms with van der Waals surface area (Å²) >= 11 is 1.52. The zero-order valence-electron chi connectivity index (χ0n) is 14.6. The molecule has 2 aromatic heterocycles. The summed E-state index contributed by atoms with van der Waals surface area (Å²) in [5.41, 5.74) is 2.04. The second-order valence-corrected chi connectivity index (χ2v) is 8.23. The van der Waals surface area contributed by atoms with Gasteiger partial charge in [-0.1, -0.05) is 0 Å². The predicted octanol–water partition coefficient (Wildman–Crippen LogP) is 3.01. The number of nitrogens with zero attached hydrogens (tertiary/aromatic N) is 3. The molecule has 1 aliphatic carbocycles. The zero-order valence-corrected chi connectivity index (χ0v) is 15.4. The van der Waals surface area contributed by atoms with Crippen molar-refractivity contribution in [3.05, 3.63) is 22.0 Å². The van der Waals surface area contributed by atoms with Crippen LogP contribution in [-0.2, 0) is 0 Å². The number of fused-ring (bicyclic) bond motifs is 1. The number of hydrogen-bond acceptors (Lipinski definition) is 5. The predicted molar refractivity (Wildman–Crippen MR) is 96.8 cm³/mol. The van der Waals surface area contributed by atoms with Gasteiger partial charge in [0.2, 0.25) is 0 Å². The number of thiophene rings is 1. The van der Waals surface area contributed by atoms with Gasteiger partial charge in [-0.2, -0.15) is 0 Å². The number of amides is 1. The molecule has 0 bridgehead atoms. The maximum absolute atomic E-state index is 12.8. The van der Waals surface area contributed by atoms with E-state index in [2.05, 4.69) is 22.2 Å². The molecular formula is C18H24N4OS. The van der Waals surface area contributed by atoms with Crippen molar-refractivity contribution in [2.45, 2.75) is 51.5 Å². The summed E-state index contributed by atoms with van der Waals surface area (Å²) in [7, 11) is 2.13. The number of hydrogen-bond donors (Lipinski definition) is 1. The monoisotopic (exact) mass is 344 g/mol. The molecule has 0 spiro atoms. The minimum absolute atomic E-state index is 0.0532. The van der Waals surface area contributed by atoms with Crippen LogP contribution in [0.1, 0.15) is 58.4 Å². The SMILES string of the molecule is Cc1nc(C2CC2)nc2sc(C(=O)NC3CCN(C)CC3)c(C)c12. The first-order valence-corrected chi connectivity index (χ1v) is 9.61. The van der Waals surface area contributed by atoms with Gasteiger partial charge < -0.3 is 10.2 Å². The molecular weight excluding hydrogens is 320 g/mol. The molecule has 2 fully saturated rings. The zero-order chi connectivity index (χ0) is 16.8. The van der Waals surface area contributed by atoms with E-state index in [1.54, 1.807) is 0 Å². The molecule has 0 unspecified atom stereocenters. The highest BCUT2D eigenvalue weighted by atomic mass is 32.1. The summed E-state index contributed by atoms with van der Waals surface area (Å²) in [4.78, 5) is 26.3. The van der Waals surface area contributed by atoms with Crippen LogP contribution in [0.2, 0.25) is 0 Å². The number of aryl methyl sites for hydroxylation is 2. The van der Waals surface area contributed by atoms with E-state index >= 15 is 0 Å². The van der Waals surface area contributed by atoms with Crippen LogP contribution in [0.3, 0.4) is 0 Å². The molecule has 1 aliphatic heterocycles. The Labute approximate surface area is 146 Å². The van der Waals surface area contributed by atoms with Crippen LogP contribution >= 0.6 is 11.3 Å². The van der Waals surface area contributed by atoms with Crippen molar-refractivity contribution in [1.82, 2.24) is 20.2 Å². The molecule has 6 heteroatoms. The van der Waals surface area contributed by atoms with E-state index in [0.717, 1.165) is 58.1 Å². The maximum Gasteiger partial charge on any atom is 0.261 e. The van der Waals surface area contributed by atoms with E-state index < -0.39 is 0 Å². The fourth-order valence-corrected chi connectivity index (χ4v) is 4.65. The lowest BCUT2D eigenvalue weighted by Crippen LogP contribution is -2.43. The van der Waals surface area contributed by atoms with Crippen molar-refractivity contribution in [2.75, 3.05) is 20.1 Å². The van der Waals surface area contributed by atoms with E-state index in [4.69, 9.17) is 4.98 Å². The third-order valence-corrected chi connectivity index (χ3v) is 6.38. The smallest absolute Gasteiger partial charge is 0.261 e. The number of rotatable bonds is 3. The topological polar surface area (TPSA) is 58.1 Å². The Morgan fingerprint density at radius 1 is 1.17 bits per heavy atom. The van der Waals surface area contributed by atoms with Crippen LogP contribution in [0, 0.1) is 13.8 Å². The molecule has 24 heavy (non-hydrogen) atoms. The highest BCUT2D eigenvalue weighted by Crippen LogP contribution is 2.40. The molecule has 1 N–H and O–H groups in total. The Balaban J connectivity index is 1.60. The third-order valence-electron chi connectivity index (χ3n) is 5.19. The fraction of sp³-hybridized carbons (Fsp3) is 0.611. The van der Waals surface area contributed by atoms with Gasteiger partial charge in [-0.15, -0.1) is 11.3 Å². The highest BCUT2D eigenvalue weighted by Gasteiger charge is 2.29. The quantitative estimate of drug-likeness (QED) is 0.930. The first-order valence-electron chi connectivity index (χ1n) is 8.80. The number of likely N-dealkylation sites (tertiary alicyclic amines) is 1. The molecule has 0 radical (unpaired) electrons. The van der Waals surface area contributed by atoms with Crippen molar-refractivity contribution in [2.24, 2.45) is 0 Å². The molecule has 2 aliphatic rings. The lowest BCUT2D eigenvalue weighted by Gasteiger charge is -2.29. The lowest BCUT2D eigenvalue weighted by molar-refractivity contribution is 0.0920. The summed E-state index contributed by atoms with van der Waals surface area (Å²) in [5, 5.41) is 4.29. The number of nitrogens with one attached hydrogen (secondary N) is 1. The molecule has 0 aromatic carbocycles. The summed E-state index contributed by atoms with van der Waals surface area (Å²) in [6, 6.07) is 0.285. The van der Waals surface area contributed by atoms with Crippen molar-refractivity contribution in [3.8, 4) is 0 Å². The van der Waals surface area contributed by atoms with Crippen molar-refractivity contribution in [3.63, 3.8) is 0 Å². The first-order chi connectivity index (χ1) is 11.5. The second kappa shape index (κ2) is 6.08. The number of aromatic nitrogens is 2. The number of carbonyl (C=O) groups excluding carboxylic acids is 1. The Hall–Kier alpha value is -1.53. The van der Waals surface area contributed by atoms with Crippen LogP contribution < -0.4 is 5.32 Å². The largest absolute Gasteiger partial charge is 0.349 e. The molecule has 128 valence electrons. The van der Waals surface area contributed by atoms with E-state index in [1.807, 2.05) is 13.8 Å². The van der Waals surface area contributed by atoms with Gasteiger partial charge in [-0.25, -0.2) is 9.97 Å². The van der Waals surface area contributed by atoms with E-state index in [9.17, 15) is 4.79 Å². The summed E-state index contributed by atoms with van der Waals surface area (Å²) in [6.07, 6.45) is 4.44. The van der Waals surface area contributed by atoms with Crippen LogP contribution in [0.5, 0.6) is 0 Å². The molecule has 1 saturated carbocycles. The van der Waals surface area contributed by atoms with E-state index in [0.29, 0.717) is 5.92 Å². The van der Waals surface area contributed by atoms with Gasteiger partial charge in [-0.3, -0.25) is 4.79 Å². The van der Waals surface area contributed by atoms with Gasteiger partial charge >= 0.3 is 0 Å². The molecule has 5 nitrogen and oxygen atoms in total. The number of piperidine rings is 1. The van der Waals surface area contributed by atoms with E-state index in [1.165, 1.54) is 24.2 Å². The standard InChI is InChI=1S/C18H24N4OS/c1-10-14-11(2)19-16(12-4-5-12)21-18(14)24-15(10)17(23)20-13-6-8-22(3)9-7-13/h12-13H,4-9H2,1-3H3,(H,20,23). The molecule has 1 saturated heterocycles. The van der Waals surface area contributed by atoms with E-state index in [-0.39, 0.29) is 11.9 Å². The normalized spacial score (nSPS) is 19.8. The van der Waals surface area contributed by atoms with Crippen molar-refractivity contribution < 1.29 is 4.79 Å². The van der Waals surface area contributed by atoms with Crippen LogP contribution in [0.25, 0.3) is 10.2 Å². The highest BCUT2D eigenvalue weighted by molar-refractivity contribution is 7.20. The average molecular weight is 344 g/mol. The van der Waals surface area contributed by atoms with Crippen LogP contribution in [0.4, 0.5) is 0 Å². The Kier molecular flexibility index (Phi) is 4.04. The molecule has 0 atom stereocenters. The second-order valence-electron chi connectivity index (χ2n) is 7.23.